The largest absolute Gasteiger partial charge is 0.382 e. The van der Waals surface area contributed by atoms with Crippen LogP contribution in [0.3, 0.4) is 0 Å². The van der Waals surface area contributed by atoms with E-state index in [4.69, 9.17) is 0 Å². The van der Waals surface area contributed by atoms with Crippen LogP contribution in [-0.4, -0.2) is 19.1 Å². The summed E-state index contributed by atoms with van der Waals surface area (Å²) in [5.41, 5.74) is 4.09. The Morgan fingerprint density at radius 3 is 2.33 bits per heavy atom. The van der Waals surface area contributed by atoms with Crippen LogP contribution in [0.25, 0.3) is 0 Å². The Morgan fingerprint density at radius 2 is 1.62 bits per heavy atom. The number of piperidine rings is 1. The van der Waals surface area contributed by atoms with Gasteiger partial charge in [-0.15, -0.1) is 0 Å². The molecule has 1 saturated heterocycles. The quantitative estimate of drug-likeness (QED) is 0.896. The summed E-state index contributed by atoms with van der Waals surface area (Å²) < 4.78 is 0. The topological polar surface area (TPSA) is 15.3 Å². The molecule has 3 rings (SSSR count). The Labute approximate surface area is 127 Å². The number of nitrogens with zero attached hydrogens (tertiary/aromatic N) is 1. The van der Waals surface area contributed by atoms with Crippen LogP contribution in [0.5, 0.6) is 0 Å². The molecule has 0 aliphatic carbocycles. The first-order valence-corrected chi connectivity index (χ1v) is 8.01. The Balaban J connectivity index is 1.59. The van der Waals surface area contributed by atoms with E-state index in [0.29, 0.717) is 6.04 Å². The molecule has 1 fully saturated rings. The first-order valence-electron chi connectivity index (χ1n) is 8.01. The number of para-hydroxylation sites is 2. The van der Waals surface area contributed by atoms with Gasteiger partial charge in [-0.3, -0.25) is 0 Å². The SMILES string of the molecule is CCc1ccccc1NC1CCN(c2ccccc2)CC1. The smallest absolute Gasteiger partial charge is 0.0374 e. The van der Waals surface area contributed by atoms with Crippen LogP contribution in [0, 0.1) is 0 Å². The van der Waals surface area contributed by atoms with Gasteiger partial charge in [0.05, 0.1) is 0 Å². The van der Waals surface area contributed by atoms with Crippen LogP contribution in [0.1, 0.15) is 25.3 Å². The van der Waals surface area contributed by atoms with E-state index in [2.05, 4.69) is 71.7 Å². The molecule has 0 amide bonds. The third-order valence-corrected chi connectivity index (χ3v) is 4.37. The molecule has 0 aromatic heterocycles. The molecule has 0 saturated carbocycles. The molecule has 2 heteroatoms. The molecule has 0 unspecified atom stereocenters. The van der Waals surface area contributed by atoms with E-state index in [-0.39, 0.29) is 0 Å². The highest BCUT2D eigenvalue weighted by molar-refractivity contribution is 5.52. The number of anilines is 2. The molecular weight excluding hydrogens is 256 g/mol. The van der Waals surface area contributed by atoms with Gasteiger partial charge in [-0.05, 0) is 43.0 Å². The maximum Gasteiger partial charge on any atom is 0.0374 e. The molecule has 21 heavy (non-hydrogen) atoms. The molecule has 1 aliphatic rings. The zero-order valence-electron chi connectivity index (χ0n) is 12.8. The maximum atomic E-state index is 3.75. The highest BCUT2D eigenvalue weighted by Gasteiger charge is 2.19. The number of aryl methyl sites for hydroxylation is 1. The Kier molecular flexibility index (Phi) is 4.44. The van der Waals surface area contributed by atoms with Crippen LogP contribution >= 0.6 is 0 Å². The minimum Gasteiger partial charge on any atom is -0.382 e. The first-order chi connectivity index (χ1) is 10.4. The van der Waals surface area contributed by atoms with Gasteiger partial charge < -0.3 is 10.2 Å². The van der Waals surface area contributed by atoms with Crippen molar-refractivity contribution in [2.45, 2.75) is 32.2 Å². The molecule has 1 heterocycles. The van der Waals surface area contributed by atoms with E-state index in [9.17, 15) is 0 Å². The monoisotopic (exact) mass is 280 g/mol. The van der Waals surface area contributed by atoms with Gasteiger partial charge >= 0.3 is 0 Å². The van der Waals surface area contributed by atoms with Gasteiger partial charge in [0.25, 0.3) is 0 Å². The van der Waals surface area contributed by atoms with Crippen molar-refractivity contribution >= 4 is 11.4 Å². The predicted octanol–water partition coefficient (Wildman–Crippen LogP) is 4.33. The van der Waals surface area contributed by atoms with Gasteiger partial charge in [0.2, 0.25) is 0 Å². The van der Waals surface area contributed by atoms with Crippen molar-refractivity contribution in [2.75, 3.05) is 23.3 Å². The molecule has 2 aromatic carbocycles. The van der Waals surface area contributed by atoms with Crippen LogP contribution in [0.2, 0.25) is 0 Å². The third-order valence-electron chi connectivity index (χ3n) is 4.37. The summed E-state index contributed by atoms with van der Waals surface area (Å²) in [4.78, 5) is 2.49. The fraction of sp³-hybridized carbons (Fsp3) is 0.368. The van der Waals surface area contributed by atoms with Gasteiger partial charge in [0.15, 0.2) is 0 Å². The Hall–Kier alpha value is -1.96. The summed E-state index contributed by atoms with van der Waals surface area (Å²) in [6.45, 7) is 4.49. The van der Waals surface area contributed by atoms with Crippen molar-refractivity contribution < 1.29 is 0 Å². The molecule has 110 valence electrons. The van der Waals surface area contributed by atoms with Crippen molar-refractivity contribution in [3.63, 3.8) is 0 Å². The second-order valence-electron chi connectivity index (χ2n) is 5.75. The summed E-state index contributed by atoms with van der Waals surface area (Å²) in [6, 6.07) is 20.0. The van der Waals surface area contributed by atoms with Gasteiger partial charge in [-0.2, -0.15) is 0 Å². The summed E-state index contributed by atoms with van der Waals surface area (Å²) in [5, 5.41) is 3.75. The Bertz CT molecular complexity index is 557. The van der Waals surface area contributed by atoms with E-state index in [1.807, 2.05) is 0 Å². The van der Waals surface area contributed by atoms with Crippen molar-refractivity contribution in [3.05, 3.63) is 60.2 Å². The average molecular weight is 280 g/mol. The highest BCUT2D eigenvalue weighted by Crippen LogP contribution is 2.23. The maximum absolute atomic E-state index is 3.75. The lowest BCUT2D eigenvalue weighted by atomic mass is 10.0. The highest BCUT2D eigenvalue weighted by atomic mass is 15.1. The minimum absolute atomic E-state index is 0.595. The minimum atomic E-state index is 0.595. The number of benzene rings is 2. The lowest BCUT2D eigenvalue weighted by Crippen LogP contribution is -2.39. The molecule has 0 radical (unpaired) electrons. The van der Waals surface area contributed by atoms with E-state index >= 15 is 0 Å². The third kappa shape index (κ3) is 3.38. The molecule has 1 N–H and O–H groups in total. The number of hydrogen-bond acceptors (Lipinski definition) is 2. The standard InChI is InChI=1S/C19H24N2/c1-2-16-8-6-7-11-19(16)20-17-12-14-21(15-13-17)18-9-4-3-5-10-18/h3-11,17,20H,2,12-15H2,1H3. The second kappa shape index (κ2) is 6.66. The van der Waals surface area contributed by atoms with Gasteiger partial charge in [0.1, 0.15) is 0 Å². The molecular formula is C19H24N2. The molecule has 2 nitrogen and oxygen atoms in total. The number of nitrogens with one attached hydrogen (secondary N) is 1. The summed E-state index contributed by atoms with van der Waals surface area (Å²) in [7, 11) is 0. The molecule has 0 bridgehead atoms. The fourth-order valence-corrected chi connectivity index (χ4v) is 3.11. The Morgan fingerprint density at radius 1 is 0.952 bits per heavy atom. The zero-order valence-corrected chi connectivity index (χ0v) is 12.8. The lowest BCUT2D eigenvalue weighted by Gasteiger charge is -2.34. The molecule has 1 aliphatic heterocycles. The summed E-state index contributed by atoms with van der Waals surface area (Å²) in [5.74, 6) is 0. The molecule has 0 atom stereocenters. The molecule has 0 spiro atoms. The lowest BCUT2D eigenvalue weighted by molar-refractivity contribution is 0.526. The number of rotatable bonds is 4. The second-order valence-corrected chi connectivity index (χ2v) is 5.75. The normalized spacial score (nSPS) is 16.0. The average Bonchev–Trinajstić information content (AvgIpc) is 2.57. The fourth-order valence-electron chi connectivity index (χ4n) is 3.11. The first kappa shape index (κ1) is 14.0. The van der Waals surface area contributed by atoms with E-state index in [1.54, 1.807) is 0 Å². The van der Waals surface area contributed by atoms with Gasteiger partial charge in [0, 0.05) is 30.5 Å². The number of hydrogen-bond donors (Lipinski definition) is 1. The zero-order chi connectivity index (χ0) is 14.5. The van der Waals surface area contributed by atoms with Crippen molar-refractivity contribution in [1.82, 2.24) is 0 Å². The van der Waals surface area contributed by atoms with Crippen LogP contribution in [-0.2, 0) is 6.42 Å². The summed E-state index contributed by atoms with van der Waals surface area (Å²) >= 11 is 0. The van der Waals surface area contributed by atoms with Crippen LogP contribution in [0.4, 0.5) is 11.4 Å². The summed E-state index contributed by atoms with van der Waals surface area (Å²) in [6.07, 6.45) is 3.49. The van der Waals surface area contributed by atoms with Crippen molar-refractivity contribution in [1.29, 1.82) is 0 Å². The van der Waals surface area contributed by atoms with Crippen molar-refractivity contribution in [3.8, 4) is 0 Å². The van der Waals surface area contributed by atoms with Crippen molar-refractivity contribution in [2.24, 2.45) is 0 Å². The van der Waals surface area contributed by atoms with E-state index in [1.165, 1.54) is 29.8 Å². The molecule has 2 aromatic rings. The van der Waals surface area contributed by atoms with Crippen LogP contribution in [0.15, 0.2) is 54.6 Å². The van der Waals surface area contributed by atoms with E-state index in [0.717, 1.165) is 19.5 Å². The van der Waals surface area contributed by atoms with Gasteiger partial charge in [-0.1, -0.05) is 43.3 Å². The van der Waals surface area contributed by atoms with Crippen LogP contribution < -0.4 is 10.2 Å². The van der Waals surface area contributed by atoms with E-state index < -0.39 is 0 Å². The van der Waals surface area contributed by atoms with Gasteiger partial charge in [-0.25, -0.2) is 0 Å². The predicted molar refractivity (Wildman–Crippen MR) is 91.1 cm³/mol.